The molecule has 0 spiro atoms. The zero-order valence-corrected chi connectivity index (χ0v) is 10.5. The lowest BCUT2D eigenvalue weighted by Gasteiger charge is -2.04. The number of aromatic nitrogens is 3. The summed E-state index contributed by atoms with van der Waals surface area (Å²) < 4.78 is 0. The Morgan fingerprint density at radius 3 is 3.11 bits per heavy atom. The van der Waals surface area contributed by atoms with Gasteiger partial charge in [0.1, 0.15) is 6.07 Å². The van der Waals surface area contributed by atoms with Crippen LogP contribution >= 0.6 is 11.3 Å². The molecule has 0 atom stereocenters. The molecule has 2 heterocycles. The van der Waals surface area contributed by atoms with Gasteiger partial charge in [-0.25, -0.2) is 9.78 Å². The van der Waals surface area contributed by atoms with E-state index in [1.807, 2.05) is 6.07 Å². The quantitative estimate of drug-likeness (QED) is 0.841. The van der Waals surface area contributed by atoms with E-state index in [1.165, 1.54) is 22.9 Å². The summed E-state index contributed by atoms with van der Waals surface area (Å²) in [6.45, 7) is 0.500. The van der Waals surface area contributed by atoms with E-state index in [9.17, 15) is 4.79 Å². The number of aromatic carboxylic acids is 1. The molecule has 0 unspecified atom stereocenters. The first kappa shape index (κ1) is 12.9. The van der Waals surface area contributed by atoms with Gasteiger partial charge >= 0.3 is 5.97 Å². The van der Waals surface area contributed by atoms with Crippen molar-refractivity contribution in [2.24, 2.45) is 0 Å². The monoisotopic (exact) mass is 275 g/mol. The summed E-state index contributed by atoms with van der Waals surface area (Å²) in [5.41, 5.74) is 0.470. The van der Waals surface area contributed by atoms with Gasteiger partial charge in [0.05, 0.1) is 16.8 Å². The number of carboxylic acids is 1. The molecule has 96 valence electrons. The SMILES string of the molecule is N#Cc1ccnnc1NCCc1nc(C(=O)O)cs1. The van der Waals surface area contributed by atoms with E-state index in [4.69, 9.17) is 10.4 Å². The number of anilines is 1. The van der Waals surface area contributed by atoms with Crippen LogP contribution in [0, 0.1) is 11.3 Å². The minimum Gasteiger partial charge on any atom is -0.476 e. The molecule has 2 aromatic rings. The van der Waals surface area contributed by atoms with Crippen LogP contribution in [0.3, 0.4) is 0 Å². The number of nitriles is 1. The lowest BCUT2D eigenvalue weighted by Crippen LogP contribution is -2.08. The average Bonchev–Trinajstić information content (AvgIpc) is 2.88. The highest BCUT2D eigenvalue weighted by atomic mass is 32.1. The number of thiazole rings is 1. The van der Waals surface area contributed by atoms with Crippen molar-refractivity contribution >= 4 is 23.1 Å². The number of carboxylic acid groups (broad SMARTS) is 1. The number of hydrogen-bond acceptors (Lipinski definition) is 7. The van der Waals surface area contributed by atoms with E-state index in [0.29, 0.717) is 29.4 Å². The molecule has 0 radical (unpaired) electrons. The molecule has 2 aromatic heterocycles. The molecule has 7 nitrogen and oxygen atoms in total. The summed E-state index contributed by atoms with van der Waals surface area (Å²) in [6.07, 6.45) is 2.00. The lowest BCUT2D eigenvalue weighted by atomic mass is 10.3. The fourth-order valence-corrected chi connectivity index (χ4v) is 2.14. The van der Waals surface area contributed by atoms with Crippen LogP contribution in [-0.2, 0) is 6.42 Å². The highest BCUT2D eigenvalue weighted by Crippen LogP contribution is 2.12. The Hall–Kier alpha value is -2.53. The molecule has 2 N–H and O–H groups in total. The van der Waals surface area contributed by atoms with E-state index >= 15 is 0 Å². The van der Waals surface area contributed by atoms with Crippen molar-refractivity contribution in [2.45, 2.75) is 6.42 Å². The van der Waals surface area contributed by atoms with Gasteiger partial charge in [-0.2, -0.15) is 10.4 Å². The summed E-state index contributed by atoms with van der Waals surface area (Å²) in [4.78, 5) is 14.6. The van der Waals surface area contributed by atoms with Crippen molar-refractivity contribution < 1.29 is 9.90 Å². The van der Waals surface area contributed by atoms with E-state index in [1.54, 1.807) is 6.07 Å². The predicted octanol–water partition coefficient (Wildman–Crippen LogP) is 1.16. The molecule has 0 aliphatic carbocycles. The van der Waals surface area contributed by atoms with Gasteiger partial charge in [0.25, 0.3) is 0 Å². The molecule has 0 saturated carbocycles. The van der Waals surface area contributed by atoms with Gasteiger partial charge < -0.3 is 10.4 Å². The highest BCUT2D eigenvalue weighted by Gasteiger charge is 2.08. The van der Waals surface area contributed by atoms with Gasteiger partial charge in [-0.15, -0.1) is 16.4 Å². The summed E-state index contributed by atoms with van der Waals surface area (Å²) >= 11 is 1.29. The van der Waals surface area contributed by atoms with E-state index < -0.39 is 5.97 Å². The maximum atomic E-state index is 10.7. The molecule has 2 rings (SSSR count). The molecule has 0 amide bonds. The first-order chi connectivity index (χ1) is 9.20. The van der Waals surface area contributed by atoms with E-state index in [0.717, 1.165) is 0 Å². The van der Waals surface area contributed by atoms with E-state index in [2.05, 4.69) is 20.5 Å². The van der Waals surface area contributed by atoms with Crippen LogP contribution in [0.25, 0.3) is 0 Å². The van der Waals surface area contributed by atoms with Crippen LogP contribution in [0.4, 0.5) is 5.82 Å². The van der Waals surface area contributed by atoms with Crippen LogP contribution in [0.2, 0.25) is 0 Å². The first-order valence-electron chi connectivity index (χ1n) is 5.34. The Kier molecular flexibility index (Phi) is 4.00. The number of nitrogens with zero attached hydrogens (tertiary/aromatic N) is 4. The maximum absolute atomic E-state index is 10.7. The summed E-state index contributed by atoms with van der Waals surface area (Å²) in [7, 11) is 0. The predicted molar refractivity (Wildman–Crippen MR) is 68.0 cm³/mol. The standard InChI is InChI=1S/C11H9N5O2S/c12-5-7-1-4-14-16-10(7)13-3-2-9-15-8(6-19-9)11(17)18/h1,4,6H,2-3H2,(H,13,16)(H,17,18). The zero-order valence-electron chi connectivity index (χ0n) is 9.70. The molecule has 0 aromatic carbocycles. The Balaban J connectivity index is 1.93. The van der Waals surface area contributed by atoms with Crippen molar-refractivity contribution in [1.82, 2.24) is 15.2 Å². The van der Waals surface area contributed by atoms with Crippen LogP contribution in [0.5, 0.6) is 0 Å². The summed E-state index contributed by atoms with van der Waals surface area (Å²) in [5.74, 6) is -0.615. The summed E-state index contributed by atoms with van der Waals surface area (Å²) in [5, 5.41) is 30.3. The Morgan fingerprint density at radius 2 is 2.42 bits per heavy atom. The molecule has 8 heteroatoms. The second-order valence-electron chi connectivity index (χ2n) is 3.51. The summed E-state index contributed by atoms with van der Waals surface area (Å²) in [6, 6.07) is 3.58. The molecule has 0 aliphatic heterocycles. The van der Waals surface area contributed by atoms with Crippen LogP contribution in [-0.4, -0.2) is 32.8 Å². The van der Waals surface area contributed by atoms with Gasteiger partial charge in [0.2, 0.25) is 0 Å². The number of carbonyl (C=O) groups is 1. The number of hydrogen-bond donors (Lipinski definition) is 2. The minimum absolute atomic E-state index is 0.0530. The topological polar surface area (TPSA) is 112 Å². The third kappa shape index (κ3) is 3.23. The second kappa shape index (κ2) is 5.88. The number of nitrogens with one attached hydrogen (secondary N) is 1. The van der Waals surface area contributed by atoms with Crippen LogP contribution in [0.1, 0.15) is 21.1 Å². The van der Waals surface area contributed by atoms with Crippen LogP contribution < -0.4 is 5.32 Å². The Bertz CT molecular complexity index is 634. The maximum Gasteiger partial charge on any atom is 0.355 e. The smallest absolute Gasteiger partial charge is 0.355 e. The van der Waals surface area contributed by atoms with Gasteiger partial charge in [-0.1, -0.05) is 0 Å². The van der Waals surface area contributed by atoms with Gasteiger partial charge in [0, 0.05) is 18.3 Å². The molecular formula is C11H9N5O2S. The first-order valence-corrected chi connectivity index (χ1v) is 6.22. The number of rotatable bonds is 5. The van der Waals surface area contributed by atoms with Gasteiger partial charge in [-0.3, -0.25) is 0 Å². The van der Waals surface area contributed by atoms with Gasteiger partial charge in [0.15, 0.2) is 11.5 Å². The molecule has 0 fully saturated rings. The minimum atomic E-state index is -1.03. The normalized spacial score (nSPS) is 9.84. The average molecular weight is 275 g/mol. The van der Waals surface area contributed by atoms with Crippen molar-refractivity contribution in [3.8, 4) is 6.07 Å². The van der Waals surface area contributed by atoms with Crippen molar-refractivity contribution in [2.75, 3.05) is 11.9 Å². The third-order valence-electron chi connectivity index (χ3n) is 2.24. The Labute approximate surface area is 112 Å². The fraction of sp³-hybridized carbons (Fsp3) is 0.182. The van der Waals surface area contributed by atoms with Crippen molar-refractivity contribution in [3.63, 3.8) is 0 Å². The second-order valence-corrected chi connectivity index (χ2v) is 4.46. The highest BCUT2D eigenvalue weighted by molar-refractivity contribution is 7.09. The van der Waals surface area contributed by atoms with Gasteiger partial charge in [-0.05, 0) is 6.07 Å². The fourth-order valence-electron chi connectivity index (χ4n) is 1.36. The molecule has 0 saturated heterocycles. The molecular weight excluding hydrogens is 266 g/mol. The zero-order chi connectivity index (χ0) is 13.7. The van der Waals surface area contributed by atoms with Crippen LogP contribution in [0.15, 0.2) is 17.6 Å². The molecule has 0 bridgehead atoms. The third-order valence-corrected chi connectivity index (χ3v) is 3.15. The van der Waals surface area contributed by atoms with E-state index in [-0.39, 0.29) is 5.69 Å². The van der Waals surface area contributed by atoms with Crippen molar-refractivity contribution in [1.29, 1.82) is 5.26 Å². The molecule has 19 heavy (non-hydrogen) atoms. The van der Waals surface area contributed by atoms with Crippen molar-refractivity contribution in [3.05, 3.63) is 33.9 Å². The molecule has 0 aliphatic rings. The largest absolute Gasteiger partial charge is 0.476 e. The Morgan fingerprint density at radius 1 is 1.58 bits per heavy atom. The lowest BCUT2D eigenvalue weighted by molar-refractivity contribution is 0.0691.